The van der Waals surface area contributed by atoms with E-state index in [0.717, 1.165) is 36.9 Å². The van der Waals surface area contributed by atoms with Gasteiger partial charge in [0, 0.05) is 49.5 Å². The van der Waals surface area contributed by atoms with Gasteiger partial charge in [-0.05, 0) is 43.7 Å². The molecule has 0 saturated carbocycles. The molecular formula is C23H25ClFN3O2. The predicted molar refractivity (Wildman–Crippen MR) is 117 cm³/mol. The quantitative estimate of drug-likeness (QED) is 0.565. The molecule has 0 spiro atoms. The van der Waals surface area contributed by atoms with E-state index < -0.39 is 5.82 Å². The molecule has 2 heterocycles. The number of piperazine rings is 1. The van der Waals surface area contributed by atoms with Crippen LogP contribution in [0.25, 0.3) is 11.5 Å². The fourth-order valence-corrected chi connectivity index (χ4v) is 3.93. The van der Waals surface area contributed by atoms with E-state index in [4.69, 9.17) is 20.8 Å². The molecule has 1 aliphatic rings. The predicted octanol–water partition coefficient (Wildman–Crippen LogP) is 5.08. The lowest BCUT2D eigenvalue weighted by Crippen LogP contribution is -2.46. The van der Waals surface area contributed by atoms with Crippen LogP contribution in [0, 0.1) is 19.7 Å². The summed E-state index contributed by atoms with van der Waals surface area (Å²) in [6, 6.07) is 10.7. The van der Waals surface area contributed by atoms with Crippen molar-refractivity contribution in [1.82, 2.24) is 9.88 Å². The van der Waals surface area contributed by atoms with Crippen LogP contribution >= 0.6 is 11.6 Å². The van der Waals surface area contributed by atoms with Crippen molar-refractivity contribution in [3.8, 4) is 17.2 Å². The summed E-state index contributed by atoms with van der Waals surface area (Å²) in [6.45, 7) is 8.30. The summed E-state index contributed by atoms with van der Waals surface area (Å²) in [5.41, 5.74) is 3.60. The van der Waals surface area contributed by atoms with Crippen molar-refractivity contribution >= 4 is 17.3 Å². The molecule has 4 rings (SSSR count). The number of aromatic nitrogens is 1. The molecule has 0 amide bonds. The van der Waals surface area contributed by atoms with E-state index >= 15 is 0 Å². The summed E-state index contributed by atoms with van der Waals surface area (Å²) in [7, 11) is 1.51. The van der Waals surface area contributed by atoms with Crippen LogP contribution in [0.5, 0.6) is 5.75 Å². The lowest BCUT2D eigenvalue weighted by Gasteiger charge is -2.36. The van der Waals surface area contributed by atoms with Gasteiger partial charge in [-0.2, -0.15) is 0 Å². The zero-order valence-electron chi connectivity index (χ0n) is 17.4. The highest BCUT2D eigenvalue weighted by Crippen LogP contribution is 2.29. The maximum Gasteiger partial charge on any atom is 0.229 e. The van der Waals surface area contributed by atoms with E-state index in [1.165, 1.54) is 24.4 Å². The van der Waals surface area contributed by atoms with Crippen LogP contribution in [-0.4, -0.2) is 43.2 Å². The highest BCUT2D eigenvalue weighted by atomic mass is 35.5. The van der Waals surface area contributed by atoms with Gasteiger partial charge in [0.15, 0.2) is 0 Å². The molecule has 1 aliphatic heterocycles. The highest BCUT2D eigenvalue weighted by Gasteiger charge is 2.22. The van der Waals surface area contributed by atoms with E-state index in [1.54, 1.807) is 12.1 Å². The minimum absolute atomic E-state index is 0.302. The summed E-state index contributed by atoms with van der Waals surface area (Å²) in [6.07, 6.45) is 0. The van der Waals surface area contributed by atoms with Gasteiger partial charge in [-0.25, -0.2) is 9.37 Å². The molecule has 1 fully saturated rings. The maximum absolute atomic E-state index is 14.4. The fourth-order valence-electron chi connectivity index (χ4n) is 3.77. The van der Waals surface area contributed by atoms with Crippen molar-refractivity contribution in [2.45, 2.75) is 20.4 Å². The van der Waals surface area contributed by atoms with Gasteiger partial charge in [0.05, 0.1) is 18.4 Å². The van der Waals surface area contributed by atoms with Crippen LogP contribution in [-0.2, 0) is 6.54 Å². The van der Waals surface area contributed by atoms with Gasteiger partial charge in [0.2, 0.25) is 5.89 Å². The van der Waals surface area contributed by atoms with Crippen LogP contribution in [0.3, 0.4) is 0 Å². The Labute approximate surface area is 181 Å². The number of benzene rings is 2. The Morgan fingerprint density at radius 2 is 1.87 bits per heavy atom. The summed E-state index contributed by atoms with van der Waals surface area (Å²) in [5.74, 6) is 1.07. The molecule has 7 heteroatoms. The van der Waals surface area contributed by atoms with E-state index in [9.17, 15) is 4.39 Å². The first kappa shape index (κ1) is 20.7. The molecule has 0 N–H and O–H groups in total. The number of methoxy groups -OCH3 is 1. The molecule has 30 heavy (non-hydrogen) atoms. The van der Waals surface area contributed by atoms with Crippen molar-refractivity contribution < 1.29 is 13.5 Å². The van der Waals surface area contributed by atoms with Crippen LogP contribution < -0.4 is 9.64 Å². The number of anilines is 1. The maximum atomic E-state index is 14.4. The van der Waals surface area contributed by atoms with Crippen LogP contribution in [0.15, 0.2) is 40.8 Å². The molecule has 1 aromatic heterocycles. The molecule has 5 nitrogen and oxygen atoms in total. The van der Waals surface area contributed by atoms with E-state index in [-0.39, 0.29) is 0 Å². The number of hydrogen-bond donors (Lipinski definition) is 0. The van der Waals surface area contributed by atoms with Gasteiger partial charge in [0.25, 0.3) is 0 Å². The van der Waals surface area contributed by atoms with Crippen LogP contribution in [0.1, 0.15) is 17.0 Å². The topological polar surface area (TPSA) is 41.7 Å². The summed E-state index contributed by atoms with van der Waals surface area (Å²) in [4.78, 5) is 9.28. The number of oxazole rings is 1. The van der Waals surface area contributed by atoms with E-state index in [0.29, 0.717) is 29.5 Å². The lowest BCUT2D eigenvalue weighted by atomic mass is 10.1. The lowest BCUT2D eigenvalue weighted by molar-refractivity contribution is 0.246. The van der Waals surface area contributed by atoms with Gasteiger partial charge in [-0.1, -0.05) is 17.7 Å². The van der Waals surface area contributed by atoms with Gasteiger partial charge in [-0.3, -0.25) is 4.90 Å². The number of halogens is 2. The van der Waals surface area contributed by atoms with Crippen molar-refractivity contribution in [2.75, 3.05) is 38.2 Å². The van der Waals surface area contributed by atoms with Crippen LogP contribution in [0.2, 0.25) is 5.02 Å². The summed E-state index contributed by atoms with van der Waals surface area (Å²) in [5, 5.41) is 0.759. The number of hydrogen-bond acceptors (Lipinski definition) is 5. The summed E-state index contributed by atoms with van der Waals surface area (Å²) >= 11 is 6.18. The SMILES string of the molecule is COc1ccc(-c2nc(CN3CCN(c4cc(Cl)ccc4C)CC3)c(C)o2)c(F)c1. The first-order valence-corrected chi connectivity index (χ1v) is 10.4. The molecular weight excluding hydrogens is 405 g/mol. The molecule has 0 bridgehead atoms. The van der Waals surface area contributed by atoms with Gasteiger partial charge in [-0.15, -0.1) is 0 Å². The molecule has 1 saturated heterocycles. The number of ether oxygens (including phenoxy) is 1. The van der Waals surface area contributed by atoms with Crippen LogP contribution in [0.4, 0.5) is 10.1 Å². The van der Waals surface area contributed by atoms with E-state index in [2.05, 4.69) is 27.8 Å². The Hall–Kier alpha value is -2.57. The fraction of sp³-hybridized carbons (Fsp3) is 0.348. The van der Waals surface area contributed by atoms with Gasteiger partial charge < -0.3 is 14.1 Å². The Bertz CT molecular complexity index is 1040. The normalized spacial score (nSPS) is 14.9. The average molecular weight is 430 g/mol. The Morgan fingerprint density at radius 3 is 2.57 bits per heavy atom. The second-order valence-corrected chi connectivity index (χ2v) is 8.00. The highest BCUT2D eigenvalue weighted by molar-refractivity contribution is 6.30. The Balaban J connectivity index is 1.43. The summed E-state index contributed by atoms with van der Waals surface area (Å²) < 4.78 is 25.2. The van der Waals surface area contributed by atoms with E-state index in [1.807, 2.05) is 19.1 Å². The van der Waals surface area contributed by atoms with Crippen molar-refractivity contribution in [2.24, 2.45) is 0 Å². The first-order valence-electron chi connectivity index (χ1n) is 9.98. The molecule has 0 aliphatic carbocycles. The molecule has 3 aromatic rings. The minimum atomic E-state index is -0.410. The van der Waals surface area contributed by atoms with Crippen molar-refractivity contribution in [1.29, 1.82) is 0 Å². The molecule has 0 unspecified atom stereocenters. The molecule has 0 radical (unpaired) electrons. The molecule has 2 aromatic carbocycles. The largest absolute Gasteiger partial charge is 0.497 e. The third-order valence-electron chi connectivity index (χ3n) is 5.56. The van der Waals surface area contributed by atoms with Gasteiger partial charge in [0.1, 0.15) is 17.3 Å². The second kappa shape index (κ2) is 8.66. The third kappa shape index (κ3) is 4.30. The second-order valence-electron chi connectivity index (χ2n) is 7.56. The third-order valence-corrected chi connectivity index (χ3v) is 5.79. The standard InChI is InChI=1S/C23H25ClFN3O2/c1-15-4-5-17(24)12-22(15)28-10-8-27(9-11-28)14-21-16(2)30-23(26-21)19-7-6-18(29-3)13-20(19)25/h4-7,12-13H,8-11,14H2,1-3H3. The monoisotopic (exact) mass is 429 g/mol. The zero-order chi connectivity index (χ0) is 21.3. The number of rotatable bonds is 5. The average Bonchev–Trinajstić information content (AvgIpc) is 3.10. The number of aryl methyl sites for hydroxylation is 2. The minimum Gasteiger partial charge on any atom is -0.497 e. The van der Waals surface area contributed by atoms with Gasteiger partial charge >= 0.3 is 0 Å². The zero-order valence-corrected chi connectivity index (χ0v) is 18.2. The molecule has 0 atom stereocenters. The molecule has 158 valence electrons. The number of nitrogens with zero attached hydrogens (tertiary/aromatic N) is 3. The Morgan fingerprint density at radius 1 is 1.10 bits per heavy atom. The van der Waals surface area contributed by atoms with Crippen molar-refractivity contribution in [3.63, 3.8) is 0 Å². The smallest absolute Gasteiger partial charge is 0.229 e. The Kier molecular flexibility index (Phi) is 5.97. The van der Waals surface area contributed by atoms with Crippen molar-refractivity contribution in [3.05, 3.63) is 64.3 Å². The first-order chi connectivity index (χ1) is 14.4.